The van der Waals surface area contributed by atoms with E-state index in [2.05, 4.69) is 20.7 Å². The molecule has 1 atom stereocenters. The first kappa shape index (κ1) is 26.7. The van der Waals surface area contributed by atoms with Crippen LogP contribution in [-0.4, -0.2) is 57.8 Å². The first-order valence-corrected chi connectivity index (χ1v) is 11.8. The summed E-state index contributed by atoms with van der Waals surface area (Å²) in [5.41, 5.74) is 1.84. The maximum Gasteiger partial charge on any atom is 0.251 e. The normalized spacial score (nSPS) is 12.1. The quantitative estimate of drug-likeness (QED) is 0.485. The molecule has 192 valence electrons. The Hall–Kier alpha value is -3.95. The second kappa shape index (κ2) is 11.2. The van der Waals surface area contributed by atoms with Crippen LogP contribution in [0.25, 0.3) is 11.4 Å². The van der Waals surface area contributed by atoms with Crippen molar-refractivity contribution in [3.63, 3.8) is 0 Å². The van der Waals surface area contributed by atoms with Crippen molar-refractivity contribution in [2.24, 2.45) is 0 Å². The fourth-order valence-electron chi connectivity index (χ4n) is 3.81. The summed E-state index contributed by atoms with van der Waals surface area (Å²) in [4.78, 5) is 29.5. The van der Waals surface area contributed by atoms with E-state index >= 15 is 0 Å². The fraction of sp³-hybridized carbons (Fsp3) is 0.423. The Kier molecular flexibility index (Phi) is 8.29. The monoisotopic (exact) mass is 494 g/mol. The van der Waals surface area contributed by atoms with Crippen molar-refractivity contribution < 1.29 is 19.1 Å². The standard InChI is InChI=1S/C26H34N6O4/c1-8-20(25(34)27-26(3,4)5)32(19-11-9-10-17(2)14-19)23(33)16-31-29-24(28-30-31)18-12-13-21(35-6)22(15-18)36-7/h9-15,20H,8,16H2,1-7H3,(H,27,34). The first-order valence-electron chi connectivity index (χ1n) is 11.8. The molecule has 10 heteroatoms. The molecule has 0 bridgehead atoms. The predicted octanol–water partition coefficient (Wildman–Crippen LogP) is 3.39. The van der Waals surface area contributed by atoms with E-state index < -0.39 is 11.6 Å². The molecular weight excluding hydrogens is 460 g/mol. The van der Waals surface area contributed by atoms with Gasteiger partial charge in [-0.05, 0) is 75.2 Å². The van der Waals surface area contributed by atoms with Crippen LogP contribution in [0.4, 0.5) is 5.69 Å². The summed E-state index contributed by atoms with van der Waals surface area (Å²) in [6, 6.07) is 12.1. The van der Waals surface area contributed by atoms with Crippen molar-refractivity contribution in [2.45, 2.75) is 59.2 Å². The summed E-state index contributed by atoms with van der Waals surface area (Å²) in [6.45, 7) is 9.36. The summed E-state index contributed by atoms with van der Waals surface area (Å²) in [5, 5.41) is 15.5. The molecule has 36 heavy (non-hydrogen) atoms. The molecule has 2 aromatic carbocycles. The van der Waals surface area contributed by atoms with Crippen LogP contribution in [0.5, 0.6) is 11.5 Å². The van der Waals surface area contributed by atoms with Gasteiger partial charge in [0, 0.05) is 16.8 Å². The first-order chi connectivity index (χ1) is 17.1. The summed E-state index contributed by atoms with van der Waals surface area (Å²) < 4.78 is 10.6. The number of hydrogen-bond donors (Lipinski definition) is 1. The van der Waals surface area contributed by atoms with Crippen LogP contribution in [0.2, 0.25) is 0 Å². The Morgan fingerprint density at radius 3 is 2.42 bits per heavy atom. The van der Waals surface area contributed by atoms with Gasteiger partial charge in [0.05, 0.1) is 14.2 Å². The zero-order valence-electron chi connectivity index (χ0n) is 21.9. The van der Waals surface area contributed by atoms with Gasteiger partial charge in [0.2, 0.25) is 11.7 Å². The number of nitrogens with zero attached hydrogens (tertiary/aromatic N) is 5. The number of nitrogens with one attached hydrogen (secondary N) is 1. The maximum atomic E-state index is 13.6. The average Bonchev–Trinajstić information content (AvgIpc) is 3.28. The van der Waals surface area contributed by atoms with E-state index in [9.17, 15) is 9.59 Å². The van der Waals surface area contributed by atoms with Gasteiger partial charge in [0.15, 0.2) is 11.5 Å². The molecule has 0 spiro atoms. The number of rotatable bonds is 9. The summed E-state index contributed by atoms with van der Waals surface area (Å²) in [6.07, 6.45) is 0.434. The Morgan fingerprint density at radius 1 is 1.08 bits per heavy atom. The van der Waals surface area contributed by atoms with Crippen LogP contribution in [0, 0.1) is 6.92 Å². The molecule has 0 aliphatic rings. The SMILES string of the molecule is CCC(C(=O)NC(C)(C)C)N(C(=O)Cn1nnc(-c2ccc(OC)c(OC)c2)n1)c1cccc(C)c1. The van der Waals surface area contributed by atoms with Crippen LogP contribution >= 0.6 is 0 Å². The van der Waals surface area contributed by atoms with Gasteiger partial charge in [0.1, 0.15) is 12.6 Å². The van der Waals surface area contributed by atoms with Crippen LogP contribution in [0.15, 0.2) is 42.5 Å². The lowest BCUT2D eigenvalue weighted by Gasteiger charge is -2.33. The number of ether oxygens (including phenoxy) is 2. The summed E-state index contributed by atoms with van der Waals surface area (Å²) in [5.74, 6) is 0.897. The minimum absolute atomic E-state index is 0.187. The average molecular weight is 495 g/mol. The third-order valence-corrected chi connectivity index (χ3v) is 5.42. The lowest BCUT2D eigenvalue weighted by atomic mass is 10.1. The smallest absolute Gasteiger partial charge is 0.251 e. The second-order valence-corrected chi connectivity index (χ2v) is 9.48. The zero-order valence-corrected chi connectivity index (χ0v) is 21.9. The Bertz CT molecular complexity index is 1220. The minimum atomic E-state index is -0.702. The molecular formula is C26H34N6O4. The van der Waals surface area contributed by atoms with E-state index in [1.165, 1.54) is 9.70 Å². The number of methoxy groups -OCH3 is 2. The van der Waals surface area contributed by atoms with Crippen molar-refractivity contribution in [3.05, 3.63) is 48.0 Å². The summed E-state index contributed by atoms with van der Waals surface area (Å²) in [7, 11) is 3.10. The van der Waals surface area contributed by atoms with E-state index in [0.717, 1.165) is 5.56 Å². The molecule has 0 aliphatic heterocycles. The molecule has 1 N–H and O–H groups in total. The summed E-state index contributed by atoms with van der Waals surface area (Å²) >= 11 is 0. The van der Waals surface area contributed by atoms with E-state index in [1.54, 1.807) is 32.4 Å². The molecule has 3 rings (SSSR count). The van der Waals surface area contributed by atoms with Crippen LogP contribution < -0.4 is 19.7 Å². The van der Waals surface area contributed by atoms with Gasteiger partial charge < -0.3 is 14.8 Å². The number of aryl methyl sites for hydroxylation is 1. The minimum Gasteiger partial charge on any atom is -0.493 e. The van der Waals surface area contributed by atoms with E-state index in [1.807, 2.05) is 58.9 Å². The lowest BCUT2D eigenvalue weighted by molar-refractivity contribution is -0.128. The van der Waals surface area contributed by atoms with Gasteiger partial charge >= 0.3 is 0 Å². The molecule has 0 aliphatic carbocycles. The van der Waals surface area contributed by atoms with Crippen molar-refractivity contribution in [2.75, 3.05) is 19.1 Å². The number of carbonyl (C=O) groups excluding carboxylic acids is 2. The van der Waals surface area contributed by atoms with Gasteiger partial charge in [0.25, 0.3) is 5.91 Å². The Balaban J connectivity index is 1.90. The number of hydrogen-bond acceptors (Lipinski definition) is 7. The van der Waals surface area contributed by atoms with E-state index in [0.29, 0.717) is 35.0 Å². The zero-order chi connectivity index (χ0) is 26.5. The molecule has 2 amide bonds. The number of amides is 2. The van der Waals surface area contributed by atoms with Crippen LogP contribution in [0.1, 0.15) is 39.7 Å². The number of benzene rings is 2. The van der Waals surface area contributed by atoms with Crippen LogP contribution in [0.3, 0.4) is 0 Å². The van der Waals surface area contributed by atoms with Gasteiger partial charge in [-0.25, -0.2) is 0 Å². The number of anilines is 1. The van der Waals surface area contributed by atoms with Gasteiger partial charge in [-0.15, -0.1) is 10.2 Å². The highest BCUT2D eigenvalue weighted by molar-refractivity contribution is 6.00. The third-order valence-electron chi connectivity index (χ3n) is 5.42. The highest BCUT2D eigenvalue weighted by Crippen LogP contribution is 2.30. The van der Waals surface area contributed by atoms with Crippen molar-refractivity contribution in [1.82, 2.24) is 25.5 Å². The van der Waals surface area contributed by atoms with Gasteiger partial charge in [-0.1, -0.05) is 19.1 Å². The van der Waals surface area contributed by atoms with Gasteiger partial charge in [-0.3, -0.25) is 14.5 Å². The molecule has 1 heterocycles. The molecule has 3 aromatic rings. The Morgan fingerprint density at radius 2 is 1.81 bits per heavy atom. The van der Waals surface area contributed by atoms with Gasteiger partial charge in [-0.2, -0.15) is 4.80 Å². The predicted molar refractivity (Wildman–Crippen MR) is 137 cm³/mol. The van der Waals surface area contributed by atoms with Crippen molar-refractivity contribution >= 4 is 17.5 Å². The maximum absolute atomic E-state index is 13.6. The molecule has 1 aromatic heterocycles. The topological polar surface area (TPSA) is 111 Å². The molecule has 1 unspecified atom stereocenters. The fourth-order valence-corrected chi connectivity index (χ4v) is 3.81. The number of aromatic nitrogens is 4. The molecule has 0 saturated heterocycles. The number of tetrazole rings is 1. The van der Waals surface area contributed by atoms with E-state index in [-0.39, 0.29) is 18.4 Å². The second-order valence-electron chi connectivity index (χ2n) is 9.48. The molecule has 10 nitrogen and oxygen atoms in total. The largest absolute Gasteiger partial charge is 0.493 e. The molecule has 0 fully saturated rings. The van der Waals surface area contributed by atoms with Crippen molar-refractivity contribution in [1.29, 1.82) is 0 Å². The Labute approximate surface area is 211 Å². The third kappa shape index (κ3) is 6.38. The van der Waals surface area contributed by atoms with E-state index in [4.69, 9.17) is 9.47 Å². The number of carbonyl (C=O) groups is 2. The molecule has 0 radical (unpaired) electrons. The highest BCUT2D eigenvalue weighted by atomic mass is 16.5. The highest BCUT2D eigenvalue weighted by Gasteiger charge is 2.32. The molecule has 0 saturated carbocycles. The lowest BCUT2D eigenvalue weighted by Crippen LogP contribution is -2.54. The van der Waals surface area contributed by atoms with Crippen LogP contribution in [-0.2, 0) is 16.1 Å². The van der Waals surface area contributed by atoms with Crippen molar-refractivity contribution in [3.8, 4) is 22.9 Å².